The van der Waals surface area contributed by atoms with E-state index in [1.54, 1.807) is 12.1 Å². The van der Waals surface area contributed by atoms with E-state index in [4.69, 9.17) is 16.3 Å². The van der Waals surface area contributed by atoms with Gasteiger partial charge in [0.05, 0.1) is 0 Å². The van der Waals surface area contributed by atoms with E-state index in [0.717, 1.165) is 5.92 Å². The molecule has 19 heavy (non-hydrogen) atoms. The summed E-state index contributed by atoms with van der Waals surface area (Å²) in [5.74, 6) is 1.47. The number of nitrogens with one attached hydrogen (secondary N) is 1. The van der Waals surface area contributed by atoms with Gasteiger partial charge in [-0.25, -0.2) is 0 Å². The molecule has 2 rings (SSSR count). The van der Waals surface area contributed by atoms with Gasteiger partial charge in [0.15, 0.2) is 0 Å². The van der Waals surface area contributed by atoms with Gasteiger partial charge in [-0.2, -0.15) is 0 Å². The highest BCUT2D eigenvalue weighted by molar-refractivity contribution is 6.30. The van der Waals surface area contributed by atoms with Crippen LogP contribution < -0.4 is 10.1 Å². The monoisotopic (exact) mass is 283 g/mol. The highest BCUT2D eigenvalue weighted by Gasteiger charge is 2.23. The number of halogens is 1. The number of hydrogen-bond donors (Lipinski definition) is 2. The first kappa shape index (κ1) is 14.6. The molecule has 1 fully saturated rings. The van der Waals surface area contributed by atoms with E-state index in [-0.39, 0.29) is 6.61 Å². The second-order valence-corrected chi connectivity index (χ2v) is 5.75. The van der Waals surface area contributed by atoms with Crippen LogP contribution in [-0.2, 0) is 0 Å². The Hall–Kier alpha value is -0.770. The third-order valence-electron chi connectivity index (χ3n) is 3.77. The van der Waals surface area contributed by atoms with Crippen molar-refractivity contribution in [3.05, 3.63) is 29.3 Å². The van der Waals surface area contributed by atoms with Crippen LogP contribution in [0.3, 0.4) is 0 Å². The maximum Gasteiger partial charge on any atom is 0.120 e. The van der Waals surface area contributed by atoms with E-state index in [0.29, 0.717) is 23.4 Å². The van der Waals surface area contributed by atoms with Crippen LogP contribution in [0, 0.1) is 5.92 Å². The van der Waals surface area contributed by atoms with Gasteiger partial charge >= 0.3 is 0 Å². The van der Waals surface area contributed by atoms with Crippen molar-refractivity contribution in [3.63, 3.8) is 0 Å². The molecule has 0 aromatic heterocycles. The molecule has 1 aromatic carbocycles. The van der Waals surface area contributed by atoms with Crippen LogP contribution in [0.15, 0.2) is 24.3 Å². The molecule has 0 spiro atoms. The highest BCUT2D eigenvalue weighted by atomic mass is 35.5. The van der Waals surface area contributed by atoms with Gasteiger partial charge in [-0.1, -0.05) is 24.1 Å². The maximum atomic E-state index is 9.88. The Kier molecular flexibility index (Phi) is 5.49. The molecular weight excluding hydrogens is 262 g/mol. The average molecular weight is 284 g/mol. The predicted octanol–water partition coefficient (Wildman–Crippen LogP) is 2.86. The minimum atomic E-state index is -0.499. The fourth-order valence-electron chi connectivity index (χ4n) is 2.24. The number of ether oxygens (including phenoxy) is 1. The molecule has 0 amide bonds. The van der Waals surface area contributed by atoms with Crippen LogP contribution >= 0.6 is 11.6 Å². The van der Waals surface area contributed by atoms with Crippen molar-refractivity contribution in [2.75, 3.05) is 13.2 Å². The van der Waals surface area contributed by atoms with Crippen LogP contribution in [-0.4, -0.2) is 30.4 Å². The van der Waals surface area contributed by atoms with Gasteiger partial charge in [-0.3, -0.25) is 0 Å². The molecule has 1 aromatic rings. The predicted molar refractivity (Wildman–Crippen MR) is 77.8 cm³/mol. The fraction of sp³-hybridized carbons (Fsp3) is 0.600. The van der Waals surface area contributed by atoms with Crippen molar-refractivity contribution in [3.8, 4) is 5.75 Å². The van der Waals surface area contributed by atoms with E-state index in [1.165, 1.54) is 19.3 Å². The Morgan fingerprint density at radius 3 is 2.89 bits per heavy atom. The first-order valence-electron chi connectivity index (χ1n) is 6.95. The SMILES string of the molecule is CC(NCC(O)COc1cccc(Cl)c1)C1CCC1. The zero-order chi connectivity index (χ0) is 13.7. The summed E-state index contributed by atoms with van der Waals surface area (Å²) >= 11 is 5.87. The molecule has 4 heteroatoms. The van der Waals surface area contributed by atoms with E-state index in [9.17, 15) is 5.11 Å². The van der Waals surface area contributed by atoms with Gasteiger partial charge in [0.25, 0.3) is 0 Å². The van der Waals surface area contributed by atoms with E-state index < -0.39 is 6.10 Å². The lowest BCUT2D eigenvalue weighted by atomic mass is 9.80. The first-order valence-corrected chi connectivity index (χ1v) is 7.33. The number of hydrogen-bond acceptors (Lipinski definition) is 3. The summed E-state index contributed by atoms with van der Waals surface area (Å²) in [5, 5.41) is 13.9. The minimum Gasteiger partial charge on any atom is -0.491 e. The summed E-state index contributed by atoms with van der Waals surface area (Å²) in [7, 11) is 0. The van der Waals surface area contributed by atoms with Crippen LogP contribution in [0.25, 0.3) is 0 Å². The number of aliphatic hydroxyl groups is 1. The molecule has 1 aliphatic rings. The second-order valence-electron chi connectivity index (χ2n) is 5.31. The summed E-state index contributed by atoms with van der Waals surface area (Å²) in [6, 6.07) is 7.70. The second kappa shape index (κ2) is 7.13. The van der Waals surface area contributed by atoms with Gasteiger partial charge in [0, 0.05) is 17.6 Å². The largest absolute Gasteiger partial charge is 0.491 e. The van der Waals surface area contributed by atoms with Crippen molar-refractivity contribution in [1.29, 1.82) is 0 Å². The van der Waals surface area contributed by atoms with Gasteiger partial charge in [0.1, 0.15) is 18.5 Å². The molecule has 0 bridgehead atoms. The number of rotatable bonds is 7. The molecule has 106 valence electrons. The molecule has 1 saturated carbocycles. The van der Waals surface area contributed by atoms with Crippen molar-refractivity contribution in [2.24, 2.45) is 5.92 Å². The molecule has 2 N–H and O–H groups in total. The van der Waals surface area contributed by atoms with Crippen LogP contribution in [0.5, 0.6) is 5.75 Å². The van der Waals surface area contributed by atoms with Crippen LogP contribution in [0.4, 0.5) is 0 Å². The Balaban J connectivity index is 1.65. The molecule has 2 unspecified atom stereocenters. The van der Waals surface area contributed by atoms with Crippen LogP contribution in [0.1, 0.15) is 26.2 Å². The van der Waals surface area contributed by atoms with Crippen molar-refractivity contribution in [2.45, 2.75) is 38.3 Å². The molecule has 1 aliphatic carbocycles. The molecular formula is C15H22ClNO2. The van der Waals surface area contributed by atoms with Crippen molar-refractivity contribution in [1.82, 2.24) is 5.32 Å². The maximum absolute atomic E-state index is 9.88. The molecule has 0 aliphatic heterocycles. The third-order valence-corrected chi connectivity index (χ3v) is 4.01. The zero-order valence-corrected chi connectivity index (χ0v) is 12.1. The summed E-state index contributed by atoms with van der Waals surface area (Å²) in [5.41, 5.74) is 0. The van der Waals surface area contributed by atoms with Gasteiger partial charge < -0.3 is 15.2 Å². The lowest BCUT2D eigenvalue weighted by Gasteiger charge is -2.32. The van der Waals surface area contributed by atoms with Gasteiger partial charge in [0.2, 0.25) is 0 Å². The standard InChI is InChI=1S/C15H22ClNO2/c1-11(12-4-2-5-12)17-9-14(18)10-19-15-7-3-6-13(16)8-15/h3,6-8,11-12,14,17-18H,2,4-5,9-10H2,1H3. The Bertz CT molecular complexity index is 395. The number of aliphatic hydroxyl groups excluding tert-OH is 1. The zero-order valence-electron chi connectivity index (χ0n) is 11.3. The summed E-state index contributed by atoms with van der Waals surface area (Å²) < 4.78 is 5.51. The fourth-order valence-corrected chi connectivity index (χ4v) is 2.42. The topological polar surface area (TPSA) is 41.5 Å². The molecule has 3 nitrogen and oxygen atoms in total. The van der Waals surface area contributed by atoms with Crippen molar-refractivity contribution >= 4 is 11.6 Å². The summed E-state index contributed by atoms with van der Waals surface area (Å²) in [6.45, 7) is 3.04. The quantitative estimate of drug-likeness (QED) is 0.808. The third kappa shape index (κ3) is 4.68. The normalized spacial score (nSPS) is 18.7. The Morgan fingerprint density at radius 1 is 1.47 bits per heavy atom. The molecule has 0 heterocycles. The first-order chi connectivity index (χ1) is 9.15. The van der Waals surface area contributed by atoms with Crippen molar-refractivity contribution < 1.29 is 9.84 Å². The van der Waals surface area contributed by atoms with E-state index in [2.05, 4.69) is 12.2 Å². The minimum absolute atomic E-state index is 0.282. The lowest BCUT2D eigenvalue weighted by molar-refractivity contribution is 0.0982. The van der Waals surface area contributed by atoms with E-state index in [1.807, 2.05) is 12.1 Å². The Labute approximate surface area is 119 Å². The van der Waals surface area contributed by atoms with Gasteiger partial charge in [-0.15, -0.1) is 0 Å². The molecule has 0 radical (unpaired) electrons. The highest BCUT2D eigenvalue weighted by Crippen LogP contribution is 2.29. The molecule has 2 atom stereocenters. The average Bonchev–Trinajstić information content (AvgIpc) is 2.32. The van der Waals surface area contributed by atoms with Gasteiger partial charge in [-0.05, 0) is 43.9 Å². The summed E-state index contributed by atoms with van der Waals surface area (Å²) in [4.78, 5) is 0. The van der Waals surface area contributed by atoms with Crippen LogP contribution in [0.2, 0.25) is 5.02 Å². The lowest BCUT2D eigenvalue weighted by Crippen LogP contribution is -2.42. The smallest absolute Gasteiger partial charge is 0.120 e. The van der Waals surface area contributed by atoms with E-state index >= 15 is 0 Å². The number of benzene rings is 1. The summed E-state index contributed by atoms with van der Waals surface area (Å²) in [6.07, 6.45) is 3.46. The Morgan fingerprint density at radius 2 is 2.26 bits per heavy atom. The molecule has 0 saturated heterocycles.